The number of ether oxygens (including phenoxy) is 1. The Morgan fingerprint density at radius 2 is 2.16 bits per heavy atom. The summed E-state index contributed by atoms with van der Waals surface area (Å²) in [6, 6.07) is 5.91. The summed E-state index contributed by atoms with van der Waals surface area (Å²) in [5, 5.41) is 2.83. The van der Waals surface area contributed by atoms with Crippen LogP contribution in [0.3, 0.4) is 0 Å². The molecule has 0 aliphatic heterocycles. The number of hydrogen-bond donors (Lipinski definition) is 2. The summed E-state index contributed by atoms with van der Waals surface area (Å²) in [6.45, 7) is 3.72. The maximum Gasteiger partial charge on any atom is 0.258 e. The summed E-state index contributed by atoms with van der Waals surface area (Å²) in [5.41, 5.74) is 1.23. The van der Waals surface area contributed by atoms with Crippen molar-refractivity contribution in [1.29, 1.82) is 0 Å². The molecule has 1 rings (SSSR count). The molecule has 0 bridgehead atoms. The van der Waals surface area contributed by atoms with Gasteiger partial charge in [0.15, 0.2) is 6.61 Å². The zero-order chi connectivity index (χ0) is 14.3. The van der Waals surface area contributed by atoms with E-state index >= 15 is 0 Å². The number of rotatable bonds is 7. The Hall–Kier alpha value is -1.07. The molecule has 1 aromatic carbocycles. The molecule has 0 radical (unpaired) electrons. The maximum atomic E-state index is 11.6. The molecule has 0 saturated heterocycles. The molecule has 0 spiro atoms. The molecule has 19 heavy (non-hydrogen) atoms. The van der Waals surface area contributed by atoms with Gasteiger partial charge in [0.05, 0.1) is 31.7 Å². The molecule has 4 nitrogen and oxygen atoms in total. The molecule has 0 fully saturated rings. The molecule has 0 heterocycles. The summed E-state index contributed by atoms with van der Waals surface area (Å²) in [7, 11) is 4.10. The predicted octanol–water partition coefficient (Wildman–Crippen LogP) is 0.651. The average Bonchev–Trinajstić information content (AvgIpc) is 2.36. The monoisotopic (exact) mass is 329 g/mol. The number of aryl methyl sites for hydroxylation is 1. The molecule has 0 unspecified atom stereocenters. The van der Waals surface area contributed by atoms with Gasteiger partial charge in [-0.2, -0.15) is 0 Å². The molecule has 0 aromatic heterocycles. The van der Waals surface area contributed by atoms with E-state index in [9.17, 15) is 4.79 Å². The minimum absolute atomic E-state index is 0.0484. The number of hydrogen-bond acceptors (Lipinski definition) is 2. The second-order valence-corrected chi connectivity index (χ2v) is 5.57. The zero-order valence-corrected chi connectivity index (χ0v) is 13.3. The fourth-order valence-corrected chi connectivity index (χ4v) is 2.07. The highest BCUT2D eigenvalue weighted by molar-refractivity contribution is 9.10. The van der Waals surface area contributed by atoms with Gasteiger partial charge in [-0.1, -0.05) is 13.0 Å². The molecule has 0 atom stereocenters. The quantitative estimate of drug-likeness (QED) is 0.771. The Balaban J connectivity index is 2.37. The van der Waals surface area contributed by atoms with E-state index < -0.39 is 0 Å². The van der Waals surface area contributed by atoms with Crippen molar-refractivity contribution in [1.82, 2.24) is 5.32 Å². The lowest BCUT2D eigenvalue weighted by Gasteiger charge is -2.11. The number of likely N-dealkylation sites (N-methyl/N-ethyl adjacent to an activating group) is 1. The molecule has 1 aromatic rings. The van der Waals surface area contributed by atoms with Gasteiger partial charge in [-0.3, -0.25) is 4.79 Å². The van der Waals surface area contributed by atoms with Crippen LogP contribution in [0.5, 0.6) is 5.75 Å². The average molecular weight is 330 g/mol. The van der Waals surface area contributed by atoms with Gasteiger partial charge in [0.2, 0.25) is 0 Å². The van der Waals surface area contributed by atoms with Crippen LogP contribution >= 0.6 is 15.9 Å². The fraction of sp³-hybridized carbons (Fsp3) is 0.500. The first kappa shape index (κ1) is 16.0. The second kappa shape index (κ2) is 8.17. The van der Waals surface area contributed by atoms with Crippen molar-refractivity contribution in [3.8, 4) is 5.75 Å². The van der Waals surface area contributed by atoms with Crippen LogP contribution in [0, 0.1) is 0 Å². The number of amides is 1. The van der Waals surface area contributed by atoms with E-state index in [1.54, 1.807) is 0 Å². The smallest absolute Gasteiger partial charge is 0.258 e. The SMILES string of the molecule is CCc1ccc(OCC(=O)NCC[NH+](C)C)c(Br)c1. The lowest BCUT2D eigenvalue weighted by atomic mass is 10.2. The van der Waals surface area contributed by atoms with Gasteiger partial charge in [-0.15, -0.1) is 0 Å². The Bertz CT molecular complexity index is 422. The van der Waals surface area contributed by atoms with Crippen LogP contribution < -0.4 is 15.0 Å². The van der Waals surface area contributed by atoms with Gasteiger partial charge in [0.25, 0.3) is 5.91 Å². The van der Waals surface area contributed by atoms with Gasteiger partial charge < -0.3 is 15.0 Å². The first-order chi connectivity index (χ1) is 9.02. The van der Waals surface area contributed by atoms with Crippen molar-refractivity contribution in [3.63, 3.8) is 0 Å². The Morgan fingerprint density at radius 3 is 2.74 bits per heavy atom. The number of carbonyl (C=O) groups is 1. The summed E-state index contributed by atoms with van der Waals surface area (Å²) >= 11 is 3.45. The lowest BCUT2D eigenvalue weighted by molar-refractivity contribution is -0.856. The van der Waals surface area contributed by atoms with Crippen LogP contribution in [0.25, 0.3) is 0 Å². The van der Waals surface area contributed by atoms with E-state index in [1.807, 2.05) is 18.2 Å². The van der Waals surface area contributed by atoms with Crippen molar-refractivity contribution in [2.75, 3.05) is 33.8 Å². The summed E-state index contributed by atoms with van der Waals surface area (Å²) in [4.78, 5) is 12.9. The van der Waals surface area contributed by atoms with Crippen molar-refractivity contribution in [2.45, 2.75) is 13.3 Å². The van der Waals surface area contributed by atoms with Crippen molar-refractivity contribution >= 4 is 21.8 Å². The van der Waals surface area contributed by atoms with Crippen molar-refractivity contribution in [2.24, 2.45) is 0 Å². The molecule has 5 heteroatoms. The highest BCUT2D eigenvalue weighted by Gasteiger charge is 2.06. The number of halogens is 1. The third-order valence-corrected chi connectivity index (χ3v) is 3.33. The van der Waals surface area contributed by atoms with E-state index in [0.717, 1.165) is 17.4 Å². The van der Waals surface area contributed by atoms with Crippen LogP contribution in [0.15, 0.2) is 22.7 Å². The topological polar surface area (TPSA) is 42.8 Å². The largest absolute Gasteiger partial charge is 0.483 e. The van der Waals surface area contributed by atoms with Crippen LogP contribution in [-0.2, 0) is 11.2 Å². The van der Waals surface area contributed by atoms with Crippen LogP contribution in [0.4, 0.5) is 0 Å². The van der Waals surface area contributed by atoms with Gasteiger partial charge >= 0.3 is 0 Å². The molecular formula is C14H22BrN2O2+. The lowest BCUT2D eigenvalue weighted by Crippen LogP contribution is -3.06. The van der Waals surface area contributed by atoms with Crippen LogP contribution in [0.1, 0.15) is 12.5 Å². The fourth-order valence-electron chi connectivity index (χ4n) is 1.53. The molecule has 0 saturated carbocycles. The highest BCUT2D eigenvalue weighted by Crippen LogP contribution is 2.26. The Kier molecular flexibility index (Phi) is 6.87. The number of benzene rings is 1. The van der Waals surface area contributed by atoms with Gasteiger partial charge in [-0.05, 0) is 40.0 Å². The molecular weight excluding hydrogens is 308 g/mol. The highest BCUT2D eigenvalue weighted by atomic mass is 79.9. The summed E-state index contributed by atoms with van der Waals surface area (Å²) in [6.07, 6.45) is 0.978. The molecule has 2 N–H and O–H groups in total. The molecule has 106 valence electrons. The first-order valence-electron chi connectivity index (χ1n) is 6.50. The van der Waals surface area contributed by atoms with Gasteiger partial charge in [0.1, 0.15) is 5.75 Å². The number of nitrogens with one attached hydrogen (secondary N) is 2. The summed E-state index contributed by atoms with van der Waals surface area (Å²) in [5.74, 6) is 0.610. The molecule has 0 aliphatic rings. The molecule has 1 amide bonds. The van der Waals surface area contributed by atoms with E-state index in [-0.39, 0.29) is 12.5 Å². The first-order valence-corrected chi connectivity index (χ1v) is 7.29. The Labute approximate surface area is 123 Å². The van der Waals surface area contributed by atoms with Gasteiger partial charge in [-0.25, -0.2) is 0 Å². The maximum absolute atomic E-state index is 11.6. The van der Waals surface area contributed by atoms with Crippen molar-refractivity contribution < 1.29 is 14.4 Å². The zero-order valence-electron chi connectivity index (χ0n) is 11.8. The van der Waals surface area contributed by atoms with E-state index in [2.05, 4.69) is 42.3 Å². The number of carbonyl (C=O) groups excluding carboxylic acids is 1. The Morgan fingerprint density at radius 1 is 1.42 bits per heavy atom. The van der Waals surface area contributed by atoms with Crippen molar-refractivity contribution in [3.05, 3.63) is 28.2 Å². The van der Waals surface area contributed by atoms with E-state index in [4.69, 9.17) is 4.74 Å². The normalized spacial score (nSPS) is 10.6. The second-order valence-electron chi connectivity index (χ2n) is 4.71. The predicted molar refractivity (Wildman–Crippen MR) is 79.7 cm³/mol. The summed E-state index contributed by atoms with van der Waals surface area (Å²) < 4.78 is 6.38. The standard InChI is InChI=1S/C14H21BrN2O2/c1-4-11-5-6-13(12(15)9-11)19-10-14(18)16-7-8-17(2)3/h5-6,9H,4,7-8,10H2,1-3H3,(H,16,18)/p+1. The van der Waals surface area contributed by atoms with E-state index in [0.29, 0.717) is 12.3 Å². The third kappa shape index (κ3) is 6.07. The van der Waals surface area contributed by atoms with Gasteiger partial charge in [0, 0.05) is 0 Å². The molecule has 0 aliphatic carbocycles. The minimum atomic E-state index is -0.0901. The van der Waals surface area contributed by atoms with E-state index in [1.165, 1.54) is 10.5 Å². The van der Waals surface area contributed by atoms with Crippen LogP contribution in [-0.4, -0.2) is 39.7 Å². The third-order valence-electron chi connectivity index (χ3n) is 2.71. The number of quaternary nitrogens is 1. The minimum Gasteiger partial charge on any atom is -0.483 e. The van der Waals surface area contributed by atoms with Crippen LogP contribution in [0.2, 0.25) is 0 Å².